The molecule has 0 unspecified atom stereocenters. The lowest BCUT2D eigenvalue weighted by Gasteiger charge is -2.20. The molecule has 0 bridgehead atoms. The number of carbonyl (C=O) groups is 1. The van der Waals surface area contributed by atoms with Gasteiger partial charge >= 0.3 is 0 Å². The number of hydrogen-bond donors (Lipinski definition) is 2. The van der Waals surface area contributed by atoms with Crippen molar-refractivity contribution >= 4 is 33.8 Å². The number of fused-ring (bicyclic) bond motifs is 2. The summed E-state index contributed by atoms with van der Waals surface area (Å²) in [4.78, 5) is 19.7. The summed E-state index contributed by atoms with van der Waals surface area (Å²) in [6, 6.07) is 6.30. The second kappa shape index (κ2) is 7.55. The lowest BCUT2D eigenvalue weighted by atomic mass is 10.1. The number of benzene rings is 1. The van der Waals surface area contributed by atoms with Crippen LogP contribution in [0.3, 0.4) is 0 Å². The number of rotatable bonds is 5. The predicted molar refractivity (Wildman–Crippen MR) is 125 cm³/mol. The van der Waals surface area contributed by atoms with Crippen molar-refractivity contribution in [3.8, 4) is 0 Å². The summed E-state index contributed by atoms with van der Waals surface area (Å²) >= 11 is 0. The average molecular weight is 448 g/mol. The van der Waals surface area contributed by atoms with E-state index in [1.165, 1.54) is 18.9 Å². The van der Waals surface area contributed by atoms with Gasteiger partial charge in [0.1, 0.15) is 5.52 Å². The van der Waals surface area contributed by atoms with E-state index in [0.717, 1.165) is 30.6 Å². The van der Waals surface area contributed by atoms with Crippen LogP contribution in [-0.4, -0.2) is 50.2 Å². The fourth-order valence-electron chi connectivity index (χ4n) is 4.81. The first-order valence-electron chi connectivity index (χ1n) is 11.4. The van der Waals surface area contributed by atoms with Gasteiger partial charge in [-0.1, -0.05) is 0 Å². The van der Waals surface area contributed by atoms with E-state index in [0.29, 0.717) is 34.5 Å². The molecule has 1 amide bonds. The number of nitrogens with zero attached hydrogens (tertiary/aromatic N) is 5. The summed E-state index contributed by atoms with van der Waals surface area (Å²) in [5.74, 6) is -0.807. The molecule has 6 rings (SSSR count). The van der Waals surface area contributed by atoms with Crippen molar-refractivity contribution in [3.63, 3.8) is 0 Å². The molecule has 1 aromatic carbocycles. The quantitative estimate of drug-likeness (QED) is 0.491. The molecule has 33 heavy (non-hydrogen) atoms. The van der Waals surface area contributed by atoms with Gasteiger partial charge in [-0.3, -0.25) is 9.48 Å². The van der Waals surface area contributed by atoms with Gasteiger partial charge in [0.05, 0.1) is 16.9 Å². The van der Waals surface area contributed by atoms with E-state index in [1.807, 2.05) is 25.4 Å². The number of aromatic nitrogens is 4. The molecule has 1 saturated heterocycles. The van der Waals surface area contributed by atoms with Crippen molar-refractivity contribution in [2.24, 2.45) is 7.05 Å². The number of nitrogens with one attached hydrogen (secondary N) is 2. The Labute approximate surface area is 190 Å². The van der Waals surface area contributed by atoms with Gasteiger partial charge in [0.25, 0.3) is 5.91 Å². The zero-order valence-electron chi connectivity index (χ0n) is 18.7. The molecule has 2 aliphatic rings. The Hall–Kier alpha value is -3.46. The summed E-state index contributed by atoms with van der Waals surface area (Å²) < 4.78 is 17.8. The van der Waals surface area contributed by atoms with Crippen molar-refractivity contribution in [1.29, 1.82) is 0 Å². The fourth-order valence-corrected chi connectivity index (χ4v) is 4.81. The molecule has 8 nitrogen and oxygen atoms in total. The molecular formula is C24H26FN7O. The van der Waals surface area contributed by atoms with E-state index >= 15 is 0 Å². The second-order valence-corrected chi connectivity index (χ2v) is 9.21. The van der Waals surface area contributed by atoms with Crippen molar-refractivity contribution in [2.45, 2.75) is 38.3 Å². The number of carbonyl (C=O) groups excluding carboxylic acids is 1. The van der Waals surface area contributed by atoms with Gasteiger partial charge < -0.3 is 19.9 Å². The van der Waals surface area contributed by atoms with Gasteiger partial charge in [-0.25, -0.2) is 9.37 Å². The van der Waals surface area contributed by atoms with Crippen molar-refractivity contribution in [3.05, 3.63) is 53.9 Å². The first-order valence-corrected chi connectivity index (χ1v) is 11.4. The second-order valence-electron chi connectivity index (χ2n) is 9.21. The van der Waals surface area contributed by atoms with Crippen LogP contribution in [0.2, 0.25) is 0 Å². The number of halogens is 1. The van der Waals surface area contributed by atoms with Crippen LogP contribution in [0, 0.1) is 12.7 Å². The van der Waals surface area contributed by atoms with E-state index in [4.69, 9.17) is 0 Å². The third kappa shape index (κ3) is 3.72. The Bertz CT molecular complexity index is 1390. The van der Waals surface area contributed by atoms with Crippen LogP contribution < -0.4 is 15.5 Å². The molecule has 1 aliphatic heterocycles. The number of anilines is 2. The van der Waals surface area contributed by atoms with Crippen LogP contribution in [-0.2, 0) is 7.05 Å². The SMILES string of the molecule is Cc1cn2cc(NC(=O)c3ccc(N4CC[C@@H](NC5CC5)C4)c4cn(C)nc34)cc(F)c2n1. The number of pyridine rings is 1. The Morgan fingerprint density at radius 1 is 1.15 bits per heavy atom. The van der Waals surface area contributed by atoms with Crippen LogP contribution in [0.25, 0.3) is 16.6 Å². The summed E-state index contributed by atoms with van der Waals surface area (Å²) in [6.45, 7) is 3.73. The smallest absolute Gasteiger partial charge is 0.257 e. The topological polar surface area (TPSA) is 79.5 Å². The van der Waals surface area contributed by atoms with Crippen molar-refractivity contribution < 1.29 is 9.18 Å². The van der Waals surface area contributed by atoms with E-state index < -0.39 is 5.82 Å². The van der Waals surface area contributed by atoms with Gasteiger partial charge in [-0.15, -0.1) is 0 Å². The van der Waals surface area contributed by atoms with E-state index in [-0.39, 0.29) is 11.6 Å². The maximum absolute atomic E-state index is 14.4. The molecule has 170 valence electrons. The molecular weight excluding hydrogens is 421 g/mol. The third-order valence-electron chi connectivity index (χ3n) is 6.47. The van der Waals surface area contributed by atoms with Gasteiger partial charge in [0.2, 0.25) is 0 Å². The van der Waals surface area contributed by atoms with Crippen molar-refractivity contribution in [2.75, 3.05) is 23.3 Å². The minimum absolute atomic E-state index is 0.238. The van der Waals surface area contributed by atoms with Gasteiger partial charge in [-0.05, 0) is 38.3 Å². The highest BCUT2D eigenvalue weighted by atomic mass is 19.1. The summed E-state index contributed by atoms with van der Waals surface area (Å²) in [5, 5.41) is 12.1. The predicted octanol–water partition coefficient (Wildman–Crippen LogP) is 3.25. The highest BCUT2D eigenvalue weighted by Gasteiger charge is 2.30. The molecule has 1 aliphatic carbocycles. The third-order valence-corrected chi connectivity index (χ3v) is 6.47. The summed E-state index contributed by atoms with van der Waals surface area (Å²) in [6.07, 6.45) is 9.03. The molecule has 4 aromatic rings. The number of amides is 1. The fraction of sp³-hybridized carbons (Fsp3) is 0.375. The van der Waals surface area contributed by atoms with Crippen LogP contribution in [0.1, 0.15) is 35.3 Å². The highest BCUT2D eigenvalue weighted by Crippen LogP contribution is 2.32. The molecule has 0 radical (unpaired) electrons. The maximum Gasteiger partial charge on any atom is 0.257 e. The number of hydrogen-bond acceptors (Lipinski definition) is 5. The van der Waals surface area contributed by atoms with E-state index in [1.54, 1.807) is 28.4 Å². The standard InChI is InChI=1S/C24H26FN7O/c1-14-10-32-12-17(9-20(25)23(32)26-14)28-24(33)18-5-6-21(19-13-30(2)29-22(18)19)31-8-7-16(11-31)27-15-3-4-15/h5-6,9-10,12-13,15-16,27H,3-4,7-8,11H2,1-2H3,(H,28,33)/t16-/m1/s1. The molecule has 9 heteroatoms. The zero-order valence-corrected chi connectivity index (χ0v) is 18.7. The van der Waals surface area contributed by atoms with Gasteiger partial charge in [-0.2, -0.15) is 5.10 Å². The highest BCUT2D eigenvalue weighted by molar-refractivity contribution is 6.13. The Morgan fingerprint density at radius 3 is 2.82 bits per heavy atom. The molecule has 0 spiro atoms. The average Bonchev–Trinajstić information content (AvgIpc) is 3.13. The molecule has 2 N–H and O–H groups in total. The first-order chi connectivity index (χ1) is 15.9. The number of imidazole rings is 1. The minimum atomic E-state index is -0.484. The van der Waals surface area contributed by atoms with Gasteiger partial charge in [0.15, 0.2) is 11.5 Å². The molecule has 2 fully saturated rings. The molecule has 1 saturated carbocycles. The van der Waals surface area contributed by atoms with Crippen molar-refractivity contribution in [1.82, 2.24) is 24.5 Å². The lowest BCUT2D eigenvalue weighted by molar-refractivity contribution is 0.102. The van der Waals surface area contributed by atoms with E-state index in [2.05, 4.69) is 25.6 Å². The molecule has 1 atom stereocenters. The summed E-state index contributed by atoms with van der Waals surface area (Å²) in [5.41, 5.74) is 3.51. The zero-order chi connectivity index (χ0) is 22.7. The monoisotopic (exact) mass is 447 g/mol. The summed E-state index contributed by atoms with van der Waals surface area (Å²) in [7, 11) is 1.86. The van der Waals surface area contributed by atoms with Crippen LogP contribution in [0.4, 0.5) is 15.8 Å². The maximum atomic E-state index is 14.4. The normalized spacial score (nSPS) is 18.5. The van der Waals surface area contributed by atoms with Crippen LogP contribution in [0.5, 0.6) is 0 Å². The lowest BCUT2D eigenvalue weighted by Crippen LogP contribution is -2.34. The van der Waals surface area contributed by atoms with Gasteiger partial charge in [0, 0.05) is 68.0 Å². The Kier molecular flexibility index (Phi) is 4.62. The largest absolute Gasteiger partial charge is 0.369 e. The van der Waals surface area contributed by atoms with Crippen LogP contribution in [0.15, 0.2) is 36.8 Å². The number of aryl methyl sites for hydroxylation is 2. The molecule has 3 aromatic heterocycles. The minimum Gasteiger partial charge on any atom is -0.369 e. The Morgan fingerprint density at radius 2 is 2.00 bits per heavy atom. The first kappa shape index (κ1) is 20.2. The van der Waals surface area contributed by atoms with E-state index in [9.17, 15) is 9.18 Å². The molecule has 4 heterocycles. The Balaban J connectivity index is 1.29. The van der Waals surface area contributed by atoms with Crippen LogP contribution >= 0.6 is 0 Å².